The van der Waals surface area contributed by atoms with Crippen LogP contribution in [0.25, 0.3) is 6.08 Å². The highest BCUT2D eigenvalue weighted by atomic mass is 32.2. The fourth-order valence-electron chi connectivity index (χ4n) is 2.90. The van der Waals surface area contributed by atoms with Crippen LogP contribution in [0.1, 0.15) is 17.5 Å². The van der Waals surface area contributed by atoms with Crippen molar-refractivity contribution in [2.75, 3.05) is 24.1 Å². The molecule has 4 rings (SSSR count). The van der Waals surface area contributed by atoms with Gasteiger partial charge in [0.2, 0.25) is 6.79 Å². The number of thioether (sulfide) groups is 1. The van der Waals surface area contributed by atoms with Crippen LogP contribution in [0.2, 0.25) is 0 Å². The third kappa shape index (κ3) is 3.76. The number of hydrogen-bond acceptors (Lipinski definition) is 6. The first kappa shape index (κ1) is 18.6. The average molecular weight is 396 g/mol. The van der Waals surface area contributed by atoms with Crippen molar-refractivity contribution in [2.45, 2.75) is 13.3 Å². The van der Waals surface area contributed by atoms with Gasteiger partial charge in [0.25, 0.3) is 5.91 Å². The number of hydrogen-bond donors (Lipinski definition) is 1. The highest BCUT2D eigenvalue weighted by Crippen LogP contribution is 2.34. The number of aliphatic hydroxyl groups excluding tert-OH is 1. The maximum absolute atomic E-state index is 13.1. The molecule has 7 heteroatoms. The third-order valence-corrected chi connectivity index (χ3v) is 5.38. The number of amides is 1. The van der Waals surface area contributed by atoms with Crippen molar-refractivity contribution in [3.8, 4) is 11.5 Å². The first-order valence-electron chi connectivity index (χ1n) is 9.00. The van der Waals surface area contributed by atoms with Gasteiger partial charge in [-0.15, -0.1) is 0 Å². The summed E-state index contributed by atoms with van der Waals surface area (Å²) in [5, 5.41) is 9.68. The second-order valence-corrected chi connectivity index (χ2v) is 7.50. The predicted molar refractivity (Wildman–Crippen MR) is 111 cm³/mol. The number of carbonyl (C=O) groups excluding carboxylic acids is 1. The van der Waals surface area contributed by atoms with E-state index in [-0.39, 0.29) is 19.3 Å². The van der Waals surface area contributed by atoms with Gasteiger partial charge in [-0.05, 0) is 49.2 Å². The van der Waals surface area contributed by atoms with E-state index < -0.39 is 0 Å². The van der Waals surface area contributed by atoms with Crippen molar-refractivity contribution in [1.82, 2.24) is 0 Å². The number of ether oxygens (including phenoxy) is 2. The predicted octanol–water partition coefficient (Wildman–Crippen LogP) is 3.58. The first-order valence-corrected chi connectivity index (χ1v) is 9.99. The Morgan fingerprint density at radius 3 is 2.75 bits per heavy atom. The molecular formula is C21H20N2O4S. The zero-order valence-corrected chi connectivity index (χ0v) is 16.2. The third-order valence-electron chi connectivity index (χ3n) is 4.36. The molecule has 6 nitrogen and oxygen atoms in total. The Bertz CT molecular complexity index is 953. The number of anilines is 1. The van der Waals surface area contributed by atoms with Crippen molar-refractivity contribution < 1.29 is 19.4 Å². The number of amidine groups is 1. The normalized spacial score (nSPS) is 16.8. The molecule has 2 heterocycles. The molecule has 144 valence electrons. The van der Waals surface area contributed by atoms with E-state index in [1.54, 1.807) is 11.0 Å². The molecule has 0 saturated carbocycles. The van der Waals surface area contributed by atoms with Crippen LogP contribution >= 0.6 is 11.8 Å². The van der Waals surface area contributed by atoms with Gasteiger partial charge in [-0.3, -0.25) is 9.69 Å². The van der Waals surface area contributed by atoms with Gasteiger partial charge in [0.05, 0.1) is 5.69 Å². The first-order chi connectivity index (χ1) is 13.7. The molecule has 2 aliphatic heterocycles. The number of aliphatic imine (C=N–C) groups is 1. The van der Waals surface area contributed by atoms with Crippen molar-refractivity contribution in [3.05, 3.63) is 59.3 Å². The lowest BCUT2D eigenvalue weighted by Gasteiger charge is -2.17. The van der Waals surface area contributed by atoms with Crippen LogP contribution in [-0.4, -0.2) is 35.3 Å². The quantitative estimate of drug-likeness (QED) is 0.618. The molecule has 0 fully saturated rings. The monoisotopic (exact) mass is 396 g/mol. The molecule has 0 saturated heterocycles. The van der Waals surface area contributed by atoms with Gasteiger partial charge in [0.1, 0.15) is 5.70 Å². The minimum atomic E-state index is -0.173. The van der Waals surface area contributed by atoms with E-state index in [9.17, 15) is 4.79 Å². The van der Waals surface area contributed by atoms with Gasteiger partial charge in [-0.2, -0.15) is 0 Å². The minimum absolute atomic E-state index is 0.110. The van der Waals surface area contributed by atoms with Crippen LogP contribution < -0.4 is 14.4 Å². The smallest absolute Gasteiger partial charge is 0.283 e. The van der Waals surface area contributed by atoms with Crippen LogP contribution in [-0.2, 0) is 4.79 Å². The molecule has 2 aliphatic rings. The van der Waals surface area contributed by atoms with Crippen LogP contribution in [0.3, 0.4) is 0 Å². The highest BCUT2D eigenvalue weighted by Gasteiger charge is 2.31. The summed E-state index contributed by atoms with van der Waals surface area (Å²) in [6.45, 7) is 2.32. The van der Waals surface area contributed by atoms with Crippen LogP contribution in [0, 0.1) is 6.92 Å². The summed E-state index contributed by atoms with van der Waals surface area (Å²) < 4.78 is 10.7. The minimum Gasteiger partial charge on any atom is -0.454 e. The molecule has 0 unspecified atom stereocenters. The Balaban J connectivity index is 1.65. The molecule has 0 atom stereocenters. The Morgan fingerprint density at radius 1 is 1.18 bits per heavy atom. The van der Waals surface area contributed by atoms with Crippen LogP contribution in [0.15, 0.2) is 53.2 Å². The lowest BCUT2D eigenvalue weighted by atomic mass is 10.1. The lowest BCUT2D eigenvalue weighted by molar-refractivity contribution is -0.113. The molecule has 2 aromatic carbocycles. The number of rotatable bonds is 5. The number of benzene rings is 2. The van der Waals surface area contributed by atoms with Gasteiger partial charge >= 0.3 is 0 Å². The highest BCUT2D eigenvalue weighted by molar-refractivity contribution is 8.14. The van der Waals surface area contributed by atoms with Gasteiger partial charge in [0.15, 0.2) is 16.7 Å². The lowest BCUT2D eigenvalue weighted by Crippen LogP contribution is -2.30. The number of nitrogens with zero attached hydrogens (tertiary/aromatic N) is 2. The van der Waals surface area contributed by atoms with Crippen LogP contribution in [0.5, 0.6) is 11.5 Å². The topological polar surface area (TPSA) is 71.4 Å². The molecule has 1 amide bonds. The fourth-order valence-corrected chi connectivity index (χ4v) is 3.84. The summed E-state index contributed by atoms with van der Waals surface area (Å²) in [5.74, 6) is 1.87. The van der Waals surface area contributed by atoms with E-state index >= 15 is 0 Å². The Hall–Kier alpha value is -2.77. The molecule has 0 aromatic heterocycles. The van der Waals surface area contributed by atoms with Gasteiger partial charge in [0, 0.05) is 12.4 Å². The standard InChI is InChI=1S/C21H20N2O4S/c1-14-3-6-16(7-4-14)23-20(25)17(22-21(23)28-10-2-9-24)11-15-5-8-18-19(12-15)27-13-26-18/h3-8,11-12,24H,2,9-10,13H2,1H3. The van der Waals surface area contributed by atoms with E-state index in [0.29, 0.717) is 34.5 Å². The molecule has 0 spiro atoms. The molecule has 28 heavy (non-hydrogen) atoms. The zero-order valence-electron chi connectivity index (χ0n) is 15.4. The second kappa shape index (κ2) is 8.08. The summed E-state index contributed by atoms with van der Waals surface area (Å²) in [4.78, 5) is 19.3. The Kier molecular flexibility index (Phi) is 5.36. The molecule has 0 bridgehead atoms. The molecule has 0 radical (unpaired) electrons. The van der Waals surface area contributed by atoms with E-state index in [4.69, 9.17) is 14.6 Å². The SMILES string of the molecule is Cc1ccc(N2C(=O)C(=Cc3ccc4c(c3)OCO4)N=C2SCCCO)cc1. The van der Waals surface area contributed by atoms with Crippen molar-refractivity contribution in [2.24, 2.45) is 4.99 Å². The van der Waals surface area contributed by atoms with E-state index in [1.807, 2.05) is 49.4 Å². The van der Waals surface area contributed by atoms with Gasteiger partial charge in [-0.25, -0.2) is 4.99 Å². The summed E-state index contributed by atoms with van der Waals surface area (Å²) in [5.41, 5.74) is 3.09. The van der Waals surface area contributed by atoms with Gasteiger partial charge in [-0.1, -0.05) is 35.5 Å². The van der Waals surface area contributed by atoms with Crippen molar-refractivity contribution in [3.63, 3.8) is 0 Å². The van der Waals surface area contributed by atoms with E-state index in [2.05, 4.69) is 4.99 Å². The molecule has 0 aliphatic carbocycles. The Morgan fingerprint density at radius 2 is 1.96 bits per heavy atom. The summed E-state index contributed by atoms with van der Waals surface area (Å²) in [6.07, 6.45) is 2.39. The number of aryl methyl sites for hydroxylation is 1. The number of carbonyl (C=O) groups is 1. The second-order valence-electron chi connectivity index (χ2n) is 6.44. The van der Waals surface area contributed by atoms with E-state index in [0.717, 1.165) is 16.8 Å². The maximum Gasteiger partial charge on any atom is 0.283 e. The van der Waals surface area contributed by atoms with E-state index in [1.165, 1.54) is 11.8 Å². The molecular weight excluding hydrogens is 376 g/mol. The zero-order chi connectivity index (χ0) is 19.5. The fraction of sp³-hybridized carbons (Fsp3) is 0.238. The molecule has 1 N–H and O–H groups in total. The number of aliphatic hydroxyl groups is 1. The summed E-state index contributed by atoms with van der Waals surface area (Å²) >= 11 is 1.46. The Labute approximate surface area is 167 Å². The summed E-state index contributed by atoms with van der Waals surface area (Å²) in [7, 11) is 0. The largest absolute Gasteiger partial charge is 0.454 e. The van der Waals surface area contributed by atoms with Crippen LogP contribution in [0.4, 0.5) is 5.69 Å². The van der Waals surface area contributed by atoms with Gasteiger partial charge < -0.3 is 14.6 Å². The summed E-state index contributed by atoms with van der Waals surface area (Å²) in [6, 6.07) is 13.3. The maximum atomic E-state index is 13.1. The number of fused-ring (bicyclic) bond motifs is 1. The average Bonchev–Trinajstić information content (AvgIpc) is 3.28. The van der Waals surface area contributed by atoms with Crippen molar-refractivity contribution in [1.29, 1.82) is 0 Å². The van der Waals surface area contributed by atoms with Crippen molar-refractivity contribution >= 4 is 34.6 Å². The molecule has 2 aromatic rings.